The van der Waals surface area contributed by atoms with Crippen molar-refractivity contribution in [3.63, 3.8) is 0 Å². The molecule has 4 rings (SSSR count). The van der Waals surface area contributed by atoms with Gasteiger partial charge in [-0.2, -0.15) is 0 Å². The number of rotatable bonds is 9. The van der Waals surface area contributed by atoms with E-state index in [1.54, 1.807) is 13.2 Å². The van der Waals surface area contributed by atoms with E-state index in [-0.39, 0.29) is 24.3 Å². The standard InChI is InChI=1S/C29H33FN2O3/c1-18(21-7-6-8-24(16-21)35-3)31-19(2)28-17-26(25-9-4-5-10-27(25)32-28)22-13-20(11-12-29(33)34)14-23(30)15-22/h6-8,13-19,31H,4-5,9-12H2,1-3H3,(H,33,34)/t18-,19?/m1/s1. The van der Waals surface area contributed by atoms with E-state index in [4.69, 9.17) is 14.8 Å². The van der Waals surface area contributed by atoms with Crippen LogP contribution in [0.4, 0.5) is 4.39 Å². The molecule has 0 spiro atoms. The molecule has 0 saturated carbocycles. The third-order valence-electron chi connectivity index (χ3n) is 6.75. The molecule has 1 heterocycles. The Balaban J connectivity index is 1.67. The number of fused-ring (bicyclic) bond motifs is 1. The van der Waals surface area contributed by atoms with Crippen molar-refractivity contribution in [1.82, 2.24) is 10.3 Å². The van der Waals surface area contributed by atoms with Gasteiger partial charge in [-0.25, -0.2) is 4.39 Å². The summed E-state index contributed by atoms with van der Waals surface area (Å²) in [5.41, 5.74) is 6.81. The highest BCUT2D eigenvalue weighted by atomic mass is 19.1. The fraction of sp³-hybridized carbons (Fsp3) is 0.379. The van der Waals surface area contributed by atoms with Crippen molar-refractivity contribution in [2.24, 2.45) is 0 Å². The van der Waals surface area contributed by atoms with Crippen molar-refractivity contribution in [1.29, 1.82) is 0 Å². The van der Waals surface area contributed by atoms with Gasteiger partial charge in [-0.05, 0) is 104 Å². The van der Waals surface area contributed by atoms with Gasteiger partial charge in [0.2, 0.25) is 0 Å². The summed E-state index contributed by atoms with van der Waals surface area (Å²) in [6.07, 6.45) is 4.29. The molecule has 0 aliphatic heterocycles. The lowest BCUT2D eigenvalue weighted by Gasteiger charge is -2.25. The van der Waals surface area contributed by atoms with Crippen LogP contribution < -0.4 is 10.1 Å². The minimum atomic E-state index is -0.885. The molecule has 184 valence electrons. The van der Waals surface area contributed by atoms with Crippen LogP contribution in [0, 0.1) is 5.82 Å². The molecular weight excluding hydrogens is 443 g/mol. The van der Waals surface area contributed by atoms with Crippen LogP contribution in [0.1, 0.15) is 73.3 Å². The Morgan fingerprint density at radius 2 is 1.91 bits per heavy atom. The number of hydrogen-bond donors (Lipinski definition) is 2. The number of ether oxygens (including phenoxy) is 1. The van der Waals surface area contributed by atoms with Gasteiger partial charge in [0, 0.05) is 24.2 Å². The number of benzene rings is 2. The summed E-state index contributed by atoms with van der Waals surface area (Å²) < 4.78 is 19.9. The monoisotopic (exact) mass is 476 g/mol. The average molecular weight is 477 g/mol. The highest BCUT2D eigenvalue weighted by Crippen LogP contribution is 2.34. The molecule has 0 fully saturated rings. The molecular formula is C29H33FN2O3. The number of pyridine rings is 1. The molecule has 1 aliphatic carbocycles. The Morgan fingerprint density at radius 3 is 2.69 bits per heavy atom. The molecule has 1 unspecified atom stereocenters. The molecule has 2 aromatic carbocycles. The van der Waals surface area contributed by atoms with Gasteiger partial charge in [-0.3, -0.25) is 9.78 Å². The summed E-state index contributed by atoms with van der Waals surface area (Å²) in [7, 11) is 1.66. The normalized spacial score (nSPS) is 14.7. The smallest absolute Gasteiger partial charge is 0.303 e. The number of carbonyl (C=O) groups is 1. The van der Waals surface area contributed by atoms with Crippen molar-refractivity contribution in [2.45, 2.75) is 64.5 Å². The molecule has 2 N–H and O–H groups in total. The van der Waals surface area contributed by atoms with Crippen LogP contribution in [0.3, 0.4) is 0 Å². The average Bonchev–Trinajstić information content (AvgIpc) is 2.86. The summed E-state index contributed by atoms with van der Waals surface area (Å²) in [5.74, 6) is -0.407. The first-order valence-electron chi connectivity index (χ1n) is 12.3. The van der Waals surface area contributed by atoms with Crippen LogP contribution in [0.15, 0.2) is 48.5 Å². The van der Waals surface area contributed by atoms with Gasteiger partial charge in [0.15, 0.2) is 0 Å². The summed E-state index contributed by atoms with van der Waals surface area (Å²) in [5, 5.41) is 12.7. The quantitative estimate of drug-likeness (QED) is 0.385. The number of halogens is 1. The molecule has 1 aromatic heterocycles. The molecule has 5 nitrogen and oxygen atoms in total. The predicted molar refractivity (Wildman–Crippen MR) is 135 cm³/mol. The minimum absolute atomic E-state index is 0.0221. The molecule has 2 atom stereocenters. The van der Waals surface area contributed by atoms with Crippen molar-refractivity contribution < 1.29 is 19.0 Å². The minimum Gasteiger partial charge on any atom is -0.497 e. The maximum Gasteiger partial charge on any atom is 0.303 e. The lowest BCUT2D eigenvalue weighted by Crippen LogP contribution is -2.24. The zero-order valence-corrected chi connectivity index (χ0v) is 20.6. The maximum absolute atomic E-state index is 14.6. The number of aromatic nitrogens is 1. The van der Waals surface area contributed by atoms with E-state index in [0.717, 1.165) is 59.5 Å². The van der Waals surface area contributed by atoms with Crippen LogP contribution in [0.2, 0.25) is 0 Å². The van der Waals surface area contributed by atoms with E-state index in [2.05, 4.69) is 31.3 Å². The van der Waals surface area contributed by atoms with Crippen LogP contribution in [-0.2, 0) is 24.1 Å². The first kappa shape index (κ1) is 24.9. The lowest BCUT2D eigenvalue weighted by molar-refractivity contribution is -0.136. The number of nitrogens with one attached hydrogen (secondary N) is 1. The molecule has 35 heavy (non-hydrogen) atoms. The molecule has 0 saturated heterocycles. The second-order valence-corrected chi connectivity index (χ2v) is 9.36. The highest BCUT2D eigenvalue weighted by molar-refractivity contribution is 5.71. The van der Waals surface area contributed by atoms with Gasteiger partial charge in [0.05, 0.1) is 12.8 Å². The van der Waals surface area contributed by atoms with Gasteiger partial charge < -0.3 is 15.2 Å². The van der Waals surface area contributed by atoms with Crippen molar-refractivity contribution in [3.05, 3.63) is 82.4 Å². The zero-order valence-electron chi connectivity index (χ0n) is 20.6. The summed E-state index contributed by atoms with van der Waals surface area (Å²) in [4.78, 5) is 16.1. The largest absolute Gasteiger partial charge is 0.497 e. The fourth-order valence-electron chi connectivity index (χ4n) is 4.87. The molecule has 0 radical (unpaired) electrons. The Morgan fingerprint density at radius 1 is 1.11 bits per heavy atom. The zero-order chi connectivity index (χ0) is 24.9. The van der Waals surface area contributed by atoms with Gasteiger partial charge >= 0.3 is 5.97 Å². The maximum atomic E-state index is 14.6. The number of nitrogens with zero attached hydrogens (tertiary/aromatic N) is 1. The molecule has 0 amide bonds. The van der Waals surface area contributed by atoms with Gasteiger partial charge in [0.25, 0.3) is 0 Å². The van der Waals surface area contributed by atoms with E-state index in [9.17, 15) is 9.18 Å². The SMILES string of the molecule is COc1cccc([C@@H](C)NC(C)c2cc(-c3cc(F)cc(CCC(=O)O)c3)c3c(n2)CCCC3)c1. The number of carboxylic acid groups (broad SMARTS) is 1. The Hall–Kier alpha value is -3.25. The van der Waals surface area contributed by atoms with Gasteiger partial charge in [-0.1, -0.05) is 18.2 Å². The van der Waals surface area contributed by atoms with Crippen LogP contribution >= 0.6 is 0 Å². The van der Waals surface area contributed by atoms with E-state index in [0.29, 0.717) is 12.0 Å². The summed E-state index contributed by atoms with van der Waals surface area (Å²) >= 11 is 0. The second kappa shape index (κ2) is 11.0. The van der Waals surface area contributed by atoms with Crippen LogP contribution in [0.25, 0.3) is 11.1 Å². The highest BCUT2D eigenvalue weighted by Gasteiger charge is 2.21. The van der Waals surface area contributed by atoms with Crippen molar-refractivity contribution >= 4 is 5.97 Å². The van der Waals surface area contributed by atoms with E-state index >= 15 is 0 Å². The number of methoxy groups -OCH3 is 1. The Kier molecular flexibility index (Phi) is 7.81. The molecule has 3 aromatic rings. The van der Waals surface area contributed by atoms with Crippen molar-refractivity contribution in [2.75, 3.05) is 7.11 Å². The first-order valence-corrected chi connectivity index (χ1v) is 12.3. The number of aliphatic carboxylic acids is 1. The van der Waals surface area contributed by atoms with Crippen LogP contribution in [0.5, 0.6) is 5.75 Å². The van der Waals surface area contributed by atoms with Gasteiger partial charge in [0.1, 0.15) is 11.6 Å². The second-order valence-electron chi connectivity index (χ2n) is 9.36. The third-order valence-corrected chi connectivity index (χ3v) is 6.75. The number of hydrogen-bond acceptors (Lipinski definition) is 4. The van der Waals surface area contributed by atoms with E-state index in [1.165, 1.54) is 11.6 Å². The van der Waals surface area contributed by atoms with Crippen molar-refractivity contribution in [3.8, 4) is 16.9 Å². The summed E-state index contributed by atoms with van der Waals surface area (Å²) in [6.45, 7) is 4.22. The predicted octanol–water partition coefficient (Wildman–Crippen LogP) is 6.20. The lowest BCUT2D eigenvalue weighted by atomic mass is 9.87. The molecule has 1 aliphatic rings. The topological polar surface area (TPSA) is 71.5 Å². The van der Waals surface area contributed by atoms with Gasteiger partial charge in [-0.15, -0.1) is 0 Å². The fourth-order valence-corrected chi connectivity index (χ4v) is 4.87. The first-order chi connectivity index (χ1) is 16.8. The molecule has 0 bridgehead atoms. The number of aryl methyl sites for hydroxylation is 2. The summed E-state index contributed by atoms with van der Waals surface area (Å²) in [6, 6.07) is 15.1. The van der Waals surface area contributed by atoms with Crippen LogP contribution in [-0.4, -0.2) is 23.2 Å². The number of carboxylic acids is 1. The molecule has 6 heteroatoms. The Labute approximate surface area is 206 Å². The Bertz CT molecular complexity index is 1210. The van der Waals surface area contributed by atoms with E-state index in [1.807, 2.05) is 24.3 Å². The van der Waals surface area contributed by atoms with E-state index < -0.39 is 5.97 Å². The third kappa shape index (κ3) is 6.06.